The Morgan fingerprint density at radius 3 is 2.54 bits per heavy atom. The zero-order valence-corrected chi connectivity index (χ0v) is 16.6. The van der Waals surface area contributed by atoms with Gasteiger partial charge in [0.2, 0.25) is 0 Å². The van der Waals surface area contributed by atoms with Gasteiger partial charge in [0.15, 0.2) is 11.6 Å². The fourth-order valence-electron chi connectivity index (χ4n) is 3.25. The molecule has 2 saturated heterocycles. The largest absolute Gasteiger partial charge is 0.498 e. The van der Waals surface area contributed by atoms with Crippen molar-refractivity contribution in [2.24, 2.45) is 0 Å². The molecule has 0 radical (unpaired) electrons. The van der Waals surface area contributed by atoms with Gasteiger partial charge in [0.05, 0.1) is 23.9 Å². The Labute approximate surface area is 155 Å². The number of hydrogen-bond donors (Lipinski definition) is 0. The minimum absolute atomic E-state index is 0.0282. The Morgan fingerprint density at radius 1 is 1.27 bits per heavy atom. The van der Waals surface area contributed by atoms with Gasteiger partial charge in [0.1, 0.15) is 0 Å². The van der Waals surface area contributed by atoms with Crippen molar-refractivity contribution in [3.05, 3.63) is 18.1 Å². The van der Waals surface area contributed by atoms with Crippen LogP contribution < -0.4 is 10.4 Å². The van der Waals surface area contributed by atoms with Crippen molar-refractivity contribution in [2.75, 3.05) is 45.2 Å². The Kier molecular flexibility index (Phi) is 5.32. The lowest BCUT2D eigenvalue weighted by Gasteiger charge is -2.35. The van der Waals surface area contributed by atoms with Crippen LogP contribution in [0.25, 0.3) is 0 Å². The molecule has 0 spiro atoms. The van der Waals surface area contributed by atoms with Gasteiger partial charge in [-0.1, -0.05) is 0 Å². The second-order valence-electron chi connectivity index (χ2n) is 8.33. The zero-order valence-electron chi connectivity index (χ0n) is 16.6. The molecule has 0 aromatic carbocycles. The molecule has 0 N–H and O–H groups in total. The van der Waals surface area contributed by atoms with Crippen molar-refractivity contribution in [1.29, 1.82) is 0 Å². The number of aromatic nitrogens is 1. The highest BCUT2D eigenvalue weighted by atomic mass is 19.1. The van der Waals surface area contributed by atoms with Gasteiger partial charge in [0.25, 0.3) is 0 Å². The van der Waals surface area contributed by atoms with Gasteiger partial charge in [-0.25, -0.2) is 9.37 Å². The summed E-state index contributed by atoms with van der Waals surface area (Å²) in [7, 11) is 3.26. The van der Waals surface area contributed by atoms with Crippen LogP contribution in [0.3, 0.4) is 0 Å². The van der Waals surface area contributed by atoms with Crippen molar-refractivity contribution < 1.29 is 18.4 Å². The third-order valence-electron chi connectivity index (χ3n) is 5.41. The van der Waals surface area contributed by atoms with Crippen LogP contribution in [0.4, 0.5) is 10.2 Å². The van der Waals surface area contributed by atoms with E-state index >= 15 is 4.39 Å². The van der Waals surface area contributed by atoms with E-state index in [1.807, 2.05) is 46.7 Å². The van der Waals surface area contributed by atoms with Crippen molar-refractivity contribution in [3.8, 4) is 0 Å². The molecule has 0 amide bonds. The molecular formula is C18H29BFN3O3. The summed E-state index contributed by atoms with van der Waals surface area (Å²) in [6, 6.07) is 1.64. The molecule has 26 heavy (non-hydrogen) atoms. The number of anilines is 1. The summed E-state index contributed by atoms with van der Waals surface area (Å²) in [6.45, 7) is 10.4. The maximum atomic E-state index is 15.3. The van der Waals surface area contributed by atoms with Crippen LogP contribution >= 0.6 is 0 Å². The zero-order chi connectivity index (χ0) is 19.1. The SMILES string of the molecule is CN(C)CC1CN(c2nccc(B3OC(C)(C)C(C)(C)O3)c2F)CCO1. The molecule has 3 rings (SSSR count). The van der Waals surface area contributed by atoms with E-state index in [2.05, 4.69) is 9.88 Å². The number of rotatable bonds is 4. The summed E-state index contributed by atoms with van der Waals surface area (Å²) in [5, 5.41) is 0. The average Bonchev–Trinajstić information content (AvgIpc) is 2.75. The quantitative estimate of drug-likeness (QED) is 0.750. The van der Waals surface area contributed by atoms with Gasteiger partial charge in [-0.05, 0) is 47.9 Å². The number of morpholine rings is 1. The summed E-state index contributed by atoms with van der Waals surface area (Å²) < 4.78 is 33.1. The number of nitrogens with zero attached hydrogens (tertiary/aromatic N) is 3. The highest BCUT2D eigenvalue weighted by Gasteiger charge is 2.52. The van der Waals surface area contributed by atoms with Gasteiger partial charge in [-0.15, -0.1) is 0 Å². The molecule has 2 aliphatic heterocycles. The molecule has 6 nitrogen and oxygen atoms in total. The Hall–Kier alpha value is -1.22. The molecule has 2 fully saturated rings. The summed E-state index contributed by atoms with van der Waals surface area (Å²) in [5.41, 5.74) is -0.628. The fourth-order valence-corrected chi connectivity index (χ4v) is 3.25. The normalized spacial score (nSPS) is 25.2. The van der Waals surface area contributed by atoms with Gasteiger partial charge < -0.3 is 23.8 Å². The van der Waals surface area contributed by atoms with Crippen LogP contribution in [0.15, 0.2) is 12.3 Å². The molecule has 8 heteroatoms. The molecule has 1 atom stereocenters. The molecule has 1 unspecified atom stereocenters. The third kappa shape index (κ3) is 3.74. The Bertz CT molecular complexity index is 641. The topological polar surface area (TPSA) is 47.1 Å². The highest BCUT2D eigenvalue weighted by Crippen LogP contribution is 2.37. The molecule has 0 bridgehead atoms. The van der Waals surface area contributed by atoms with E-state index in [1.165, 1.54) is 0 Å². The molecule has 144 valence electrons. The minimum Gasteiger partial charge on any atom is -0.399 e. The van der Waals surface area contributed by atoms with Crippen molar-refractivity contribution in [3.63, 3.8) is 0 Å². The molecule has 1 aromatic heterocycles. The highest BCUT2D eigenvalue weighted by molar-refractivity contribution is 6.62. The lowest BCUT2D eigenvalue weighted by molar-refractivity contribution is 0.00578. The second-order valence-corrected chi connectivity index (χ2v) is 8.33. The molecular weight excluding hydrogens is 336 g/mol. The van der Waals surface area contributed by atoms with E-state index < -0.39 is 18.3 Å². The summed E-state index contributed by atoms with van der Waals surface area (Å²) >= 11 is 0. The van der Waals surface area contributed by atoms with Crippen LogP contribution in [0, 0.1) is 5.82 Å². The van der Waals surface area contributed by atoms with E-state index in [4.69, 9.17) is 14.0 Å². The van der Waals surface area contributed by atoms with Gasteiger partial charge >= 0.3 is 7.12 Å². The molecule has 1 aromatic rings. The first-order valence-corrected chi connectivity index (χ1v) is 9.12. The number of pyridine rings is 1. The number of ether oxygens (including phenoxy) is 1. The van der Waals surface area contributed by atoms with Gasteiger partial charge in [-0.2, -0.15) is 0 Å². The van der Waals surface area contributed by atoms with E-state index in [0.29, 0.717) is 31.0 Å². The molecule has 2 aliphatic rings. The van der Waals surface area contributed by atoms with Crippen LogP contribution in [0.5, 0.6) is 0 Å². The maximum absolute atomic E-state index is 15.3. The summed E-state index contributed by atoms with van der Waals surface area (Å²) in [5.74, 6) is -0.0410. The lowest BCUT2D eigenvalue weighted by atomic mass is 9.79. The Balaban J connectivity index is 1.82. The molecule has 0 saturated carbocycles. The van der Waals surface area contributed by atoms with Crippen LogP contribution in [-0.4, -0.2) is 74.6 Å². The first-order chi connectivity index (χ1) is 12.1. The minimum atomic E-state index is -0.736. The number of likely N-dealkylation sites (N-methyl/N-ethyl adjacent to an activating group) is 1. The van der Waals surface area contributed by atoms with E-state index in [-0.39, 0.29) is 11.9 Å². The number of halogens is 1. The predicted octanol–water partition coefficient (Wildman–Crippen LogP) is 1.29. The number of hydrogen-bond acceptors (Lipinski definition) is 6. The molecule has 0 aliphatic carbocycles. The third-order valence-corrected chi connectivity index (χ3v) is 5.41. The second kappa shape index (κ2) is 7.07. The lowest BCUT2D eigenvalue weighted by Crippen LogP contribution is -2.48. The van der Waals surface area contributed by atoms with Gasteiger partial charge in [-0.3, -0.25) is 0 Å². The van der Waals surface area contributed by atoms with E-state index in [9.17, 15) is 0 Å². The van der Waals surface area contributed by atoms with E-state index in [0.717, 1.165) is 6.54 Å². The fraction of sp³-hybridized carbons (Fsp3) is 0.722. The van der Waals surface area contributed by atoms with E-state index in [1.54, 1.807) is 12.3 Å². The summed E-state index contributed by atoms with van der Waals surface area (Å²) in [4.78, 5) is 8.31. The maximum Gasteiger partial charge on any atom is 0.498 e. The summed E-state index contributed by atoms with van der Waals surface area (Å²) in [6.07, 6.45) is 1.65. The smallest absolute Gasteiger partial charge is 0.399 e. The predicted molar refractivity (Wildman–Crippen MR) is 100 cm³/mol. The van der Waals surface area contributed by atoms with Crippen molar-refractivity contribution in [1.82, 2.24) is 9.88 Å². The van der Waals surface area contributed by atoms with Crippen LogP contribution in [0.2, 0.25) is 0 Å². The van der Waals surface area contributed by atoms with Crippen LogP contribution in [0.1, 0.15) is 27.7 Å². The van der Waals surface area contributed by atoms with Crippen LogP contribution in [-0.2, 0) is 14.0 Å². The monoisotopic (exact) mass is 365 g/mol. The first kappa shape index (κ1) is 19.5. The first-order valence-electron chi connectivity index (χ1n) is 9.12. The molecule has 3 heterocycles. The van der Waals surface area contributed by atoms with Crippen molar-refractivity contribution >= 4 is 18.4 Å². The Morgan fingerprint density at radius 2 is 1.92 bits per heavy atom. The van der Waals surface area contributed by atoms with Gasteiger partial charge in [0, 0.05) is 31.3 Å². The standard InChI is InChI=1S/C18H29BFN3O3/c1-17(2)18(3,4)26-19(25-17)14-7-8-21-16(15(14)20)23-9-10-24-13(12-23)11-22(5)6/h7-8,13H,9-12H2,1-6H3. The average molecular weight is 365 g/mol. The van der Waals surface area contributed by atoms with Crippen molar-refractivity contribution in [2.45, 2.75) is 45.0 Å².